The Morgan fingerprint density at radius 3 is 2.29 bits per heavy atom. The Morgan fingerprint density at radius 2 is 1.86 bits per heavy atom. The number of nitrogens with zero attached hydrogens (tertiary/aromatic N) is 1. The van der Waals surface area contributed by atoms with E-state index in [0.29, 0.717) is 10.7 Å². The Labute approximate surface area is 123 Å². The number of benzene rings is 1. The summed E-state index contributed by atoms with van der Waals surface area (Å²) in [7, 11) is -4.01. The molecular formula is C13H18F2N2O3S. The van der Waals surface area contributed by atoms with Crippen molar-refractivity contribution in [2.24, 2.45) is 0 Å². The summed E-state index contributed by atoms with van der Waals surface area (Å²) in [5.74, 6) is -2.72. The van der Waals surface area contributed by atoms with E-state index < -0.39 is 39.8 Å². The Balaban J connectivity index is 3.12. The largest absolute Gasteiger partial charge is 0.352 e. The number of rotatable bonds is 6. The van der Waals surface area contributed by atoms with Crippen LogP contribution in [0.5, 0.6) is 0 Å². The summed E-state index contributed by atoms with van der Waals surface area (Å²) >= 11 is 0. The third-order valence-electron chi connectivity index (χ3n) is 2.89. The van der Waals surface area contributed by atoms with Gasteiger partial charge in [0.05, 0.1) is 6.26 Å². The van der Waals surface area contributed by atoms with Crippen molar-refractivity contribution in [1.82, 2.24) is 5.32 Å². The highest BCUT2D eigenvalue weighted by atomic mass is 32.2. The minimum absolute atomic E-state index is 0.163. The minimum atomic E-state index is -4.01. The lowest BCUT2D eigenvalue weighted by atomic mass is 10.2. The van der Waals surface area contributed by atoms with Gasteiger partial charge in [-0.15, -0.1) is 0 Å². The van der Waals surface area contributed by atoms with Crippen molar-refractivity contribution in [2.45, 2.75) is 26.3 Å². The number of para-hydroxylation sites is 1. The lowest BCUT2D eigenvalue weighted by Crippen LogP contribution is -2.43. The van der Waals surface area contributed by atoms with E-state index in [9.17, 15) is 22.0 Å². The van der Waals surface area contributed by atoms with E-state index in [1.54, 1.807) is 6.92 Å². The van der Waals surface area contributed by atoms with Gasteiger partial charge in [0.1, 0.15) is 12.2 Å². The fourth-order valence-electron chi connectivity index (χ4n) is 1.64. The SMILES string of the molecule is CCC(C)NC(=O)CN(c1c(F)cccc1F)S(C)(=O)=O. The molecule has 0 saturated carbocycles. The van der Waals surface area contributed by atoms with Crippen LogP contribution in [0, 0.1) is 11.6 Å². The first-order valence-corrected chi connectivity index (χ1v) is 8.22. The Morgan fingerprint density at radius 1 is 1.33 bits per heavy atom. The van der Waals surface area contributed by atoms with E-state index in [1.807, 2.05) is 6.92 Å². The van der Waals surface area contributed by atoms with Crippen molar-refractivity contribution in [3.63, 3.8) is 0 Å². The molecule has 1 unspecified atom stereocenters. The van der Waals surface area contributed by atoms with E-state index in [2.05, 4.69) is 5.32 Å². The van der Waals surface area contributed by atoms with Crippen LogP contribution in [0.3, 0.4) is 0 Å². The van der Waals surface area contributed by atoms with E-state index >= 15 is 0 Å². The maximum atomic E-state index is 13.7. The van der Waals surface area contributed by atoms with E-state index in [0.717, 1.165) is 24.5 Å². The highest BCUT2D eigenvalue weighted by Crippen LogP contribution is 2.25. The van der Waals surface area contributed by atoms with Crippen LogP contribution in [0.2, 0.25) is 0 Å². The van der Waals surface area contributed by atoms with Gasteiger partial charge >= 0.3 is 0 Å². The molecule has 21 heavy (non-hydrogen) atoms. The number of carbonyl (C=O) groups is 1. The second-order valence-corrected chi connectivity index (χ2v) is 6.62. The lowest BCUT2D eigenvalue weighted by Gasteiger charge is -2.23. The van der Waals surface area contributed by atoms with E-state index in [-0.39, 0.29) is 6.04 Å². The average Bonchev–Trinajstić information content (AvgIpc) is 2.35. The monoisotopic (exact) mass is 320 g/mol. The molecule has 0 heterocycles. The maximum absolute atomic E-state index is 13.7. The van der Waals surface area contributed by atoms with Crippen LogP contribution in [0.1, 0.15) is 20.3 Å². The van der Waals surface area contributed by atoms with Gasteiger partial charge in [0.15, 0.2) is 11.6 Å². The van der Waals surface area contributed by atoms with Crippen LogP contribution in [-0.4, -0.2) is 33.2 Å². The van der Waals surface area contributed by atoms with Crippen molar-refractivity contribution in [2.75, 3.05) is 17.1 Å². The molecule has 0 fully saturated rings. The van der Waals surface area contributed by atoms with Gasteiger partial charge in [-0.05, 0) is 25.5 Å². The van der Waals surface area contributed by atoms with Crippen LogP contribution in [0.4, 0.5) is 14.5 Å². The Bertz CT molecular complexity index is 600. The number of carbonyl (C=O) groups excluding carboxylic acids is 1. The molecule has 1 aromatic carbocycles. The van der Waals surface area contributed by atoms with Gasteiger partial charge in [0.25, 0.3) is 0 Å². The van der Waals surface area contributed by atoms with Gasteiger partial charge in [0.2, 0.25) is 15.9 Å². The summed E-state index contributed by atoms with van der Waals surface area (Å²) in [6, 6.07) is 2.82. The van der Waals surface area contributed by atoms with Gasteiger partial charge in [-0.1, -0.05) is 13.0 Å². The molecule has 0 spiro atoms. The number of anilines is 1. The fourth-order valence-corrected chi connectivity index (χ4v) is 2.50. The molecule has 8 heteroatoms. The molecule has 1 amide bonds. The molecule has 0 saturated heterocycles. The van der Waals surface area contributed by atoms with Crippen molar-refractivity contribution in [3.8, 4) is 0 Å². The molecule has 0 aliphatic carbocycles. The van der Waals surface area contributed by atoms with E-state index in [1.165, 1.54) is 0 Å². The predicted octanol–water partition coefficient (Wildman–Crippen LogP) is 1.65. The fraction of sp³-hybridized carbons (Fsp3) is 0.462. The quantitative estimate of drug-likeness (QED) is 0.866. The molecule has 0 bridgehead atoms. The van der Waals surface area contributed by atoms with Crippen molar-refractivity contribution < 1.29 is 22.0 Å². The number of hydrogen-bond donors (Lipinski definition) is 1. The summed E-state index contributed by atoms with van der Waals surface area (Å²) < 4.78 is 51.4. The summed E-state index contributed by atoms with van der Waals surface area (Å²) in [6.45, 7) is 2.91. The first-order valence-electron chi connectivity index (χ1n) is 6.38. The number of hydrogen-bond acceptors (Lipinski definition) is 3. The minimum Gasteiger partial charge on any atom is -0.352 e. The molecular weight excluding hydrogens is 302 g/mol. The van der Waals surface area contributed by atoms with Crippen molar-refractivity contribution in [1.29, 1.82) is 0 Å². The zero-order chi connectivity index (χ0) is 16.2. The second kappa shape index (κ2) is 6.84. The van der Waals surface area contributed by atoms with Crippen molar-refractivity contribution in [3.05, 3.63) is 29.8 Å². The highest BCUT2D eigenvalue weighted by molar-refractivity contribution is 7.92. The van der Waals surface area contributed by atoms with Gasteiger partial charge in [0, 0.05) is 6.04 Å². The Kier molecular flexibility index (Phi) is 5.65. The van der Waals surface area contributed by atoms with Crippen LogP contribution in [-0.2, 0) is 14.8 Å². The molecule has 118 valence electrons. The molecule has 1 aromatic rings. The standard InChI is InChI=1S/C13H18F2N2O3S/c1-4-9(2)16-12(18)8-17(21(3,19)20)13-10(14)6-5-7-11(13)15/h5-7,9H,4,8H2,1-3H3,(H,16,18). The second-order valence-electron chi connectivity index (χ2n) is 4.72. The average molecular weight is 320 g/mol. The molecule has 0 radical (unpaired) electrons. The third-order valence-corrected chi connectivity index (χ3v) is 4.01. The smallest absolute Gasteiger partial charge is 0.240 e. The number of sulfonamides is 1. The summed E-state index contributed by atoms with van der Waals surface area (Å²) in [6.07, 6.45) is 1.44. The molecule has 0 aromatic heterocycles. The number of amides is 1. The summed E-state index contributed by atoms with van der Waals surface area (Å²) in [4.78, 5) is 11.8. The van der Waals surface area contributed by atoms with Crippen LogP contribution < -0.4 is 9.62 Å². The zero-order valence-electron chi connectivity index (χ0n) is 12.1. The maximum Gasteiger partial charge on any atom is 0.240 e. The normalized spacial score (nSPS) is 12.8. The first kappa shape index (κ1) is 17.4. The molecule has 1 atom stereocenters. The summed E-state index contributed by atoms with van der Waals surface area (Å²) in [5, 5.41) is 2.55. The van der Waals surface area contributed by atoms with Gasteiger partial charge in [-0.25, -0.2) is 17.2 Å². The van der Waals surface area contributed by atoms with Gasteiger partial charge in [-0.3, -0.25) is 9.10 Å². The topological polar surface area (TPSA) is 66.5 Å². The molecule has 0 aliphatic rings. The number of nitrogens with one attached hydrogen (secondary N) is 1. The van der Waals surface area contributed by atoms with Crippen LogP contribution in [0.25, 0.3) is 0 Å². The summed E-state index contributed by atoms with van der Waals surface area (Å²) in [5.41, 5.74) is -0.751. The molecule has 5 nitrogen and oxygen atoms in total. The highest BCUT2D eigenvalue weighted by Gasteiger charge is 2.26. The molecule has 1 N–H and O–H groups in total. The third kappa shape index (κ3) is 4.66. The van der Waals surface area contributed by atoms with Gasteiger partial charge in [-0.2, -0.15) is 0 Å². The molecule has 1 rings (SSSR count). The Hall–Kier alpha value is -1.70. The van der Waals surface area contributed by atoms with E-state index in [4.69, 9.17) is 0 Å². The van der Waals surface area contributed by atoms with Crippen LogP contribution >= 0.6 is 0 Å². The van der Waals surface area contributed by atoms with Gasteiger partial charge < -0.3 is 5.32 Å². The lowest BCUT2D eigenvalue weighted by molar-refractivity contribution is -0.120. The number of halogens is 2. The molecule has 0 aliphatic heterocycles. The predicted molar refractivity (Wildman–Crippen MR) is 76.4 cm³/mol. The van der Waals surface area contributed by atoms with Crippen molar-refractivity contribution >= 4 is 21.6 Å². The first-order chi connectivity index (χ1) is 9.66. The van der Waals surface area contributed by atoms with Crippen LogP contribution in [0.15, 0.2) is 18.2 Å². The zero-order valence-corrected chi connectivity index (χ0v) is 12.9.